The van der Waals surface area contributed by atoms with Crippen LogP contribution in [0.2, 0.25) is 0 Å². The third-order valence-corrected chi connectivity index (χ3v) is 4.47. The van der Waals surface area contributed by atoms with Crippen LogP contribution in [0, 0.1) is 0 Å². The molecule has 4 nitrogen and oxygen atoms in total. The molecule has 0 atom stereocenters. The lowest BCUT2D eigenvalue weighted by Crippen LogP contribution is -2.09. The van der Waals surface area contributed by atoms with Crippen LogP contribution in [0.15, 0.2) is 42.5 Å². The van der Waals surface area contributed by atoms with Gasteiger partial charge >= 0.3 is 7.60 Å². The lowest BCUT2D eigenvalue weighted by molar-refractivity contribution is 0.103. The van der Waals surface area contributed by atoms with Crippen LogP contribution in [0.1, 0.15) is 24.2 Å². The van der Waals surface area contributed by atoms with Gasteiger partial charge in [-0.2, -0.15) is 0 Å². The summed E-state index contributed by atoms with van der Waals surface area (Å²) in [6.07, 6.45) is -0.0809. The number of rotatable bonds is 8. The van der Waals surface area contributed by atoms with Crippen LogP contribution in [-0.4, -0.2) is 25.2 Å². The number of benzene rings is 1. The van der Waals surface area contributed by atoms with Gasteiger partial charge in [0.05, 0.1) is 19.4 Å². The smallest absolute Gasteiger partial charge is 0.309 e. The first-order chi connectivity index (χ1) is 9.02. The van der Waals surface area contributed by atoms with Gasteiger partial charge in [-0.3, -0.25) is 9.36 Å². The molecule has 0 amide bonds. The molecule has 0 N–H and O–H groups in total. The largest absolute Gasteiger partial charge is 0.335 e. The first-order valence-electron chi connectivity index (χ1n) is 6.18. The number of allylic oxidation sites excluding steroid dienone is 1. The maximum atomic E-state index is 12.3. The van der Waals surface area contributed by atoms with Crippen molar-refractivity contribution >= 4 is 13.4 Å². The molecule has 0 heterocycles. The average molecular weight is 282 g/mol. The van der Waals surface area contributed by atoms with E-state index in [1.165, 1.54) is 0 Å². The molecule has 0 unspecified atom stereocenters. The SMILES string of the molecule is C=C(CP(=O)(OCC)OCC)C(=O)c1ccccc1. The molecule has 104 valence electrons. The second kappa shape index (κ2) is 7.39. The Morgan fingerprint density at radius 3 is 2.16 bits per heavy atom. The molecule has 0 saturated carbocycles. The number of carbonyl (C=O) groups is 1. The molecule has 0 aromatic heterocycles. The van der Waals surface area contributed by atoms with Gasteiger partial charge in [0.1, 0.15) is 0 Å². The summed E-state index contributed by atoms with van der Waals surface area (Å²) >= 11 is 0. The Balaban J connectivity index is 2.78. The normalized spacial score (nSPS) is 11.3. The van der Waals surface area contributed by atoms with E-state index in [1.807, 2.05) is 6.07 Å². The van der Waals surface area contributed by atoms with E-state index < -0.39 is 7.60 Å². The maximum Gasteiger partial charge on any atom is 0.335 e. The summed E-state index contributed by atoms with van der Waals surface area (Å²) in [4.78, 5) is 12.1. The quantitative estimate of drug-likeness (QED) is 0.414. The molecule has 1 aromatic rings. The van der Waals surface area contributed by atoms with Gasteiger partial charge in [0, 0.05) is 11.1 Å². The van der Waals surface area contributed by atoms with Gasteiger partial charge in [-0.25, -0.2) is 0 Å². The fraction of sp³-hybridized carbons (Fsp3) is 0.357. The fourth-order valence-corrected chi connectivity index (χ4v) is 3.28. The first kappa shape index (κ1) is 15.8. The Labute approximate surface area is 114 Å². The van der Waals surface area contributed by atoms with Crippen molar-refractivity contribution in [1.29, 1.82) is 0 Å². The van der Waals surface area contributed by atoms with Crippen LogP contribution in [-0.2, 0) is 13.6 Å². The van der Waals surface area contributed by atoms with Crippen molar-refractivity contribution in [3.63, 3.8) is 0 Å². The predicted molar refractivity (Wildman–Crippen MR) is 75.6 cm³/mol. The van der Waals surface area contributed by atoms with Gasteiger partial charge in [-0.05, 0) is 13.8 Å². The van der Waals surface area contributed by atoms with Gasteiger partial charge in [-0.1, -0.05) is 36.9 Å². The maximum absolute atomic E-state index is 12.3. The molecule has 0 fully saturated rings. The molecule has 0 spiro atoms. The summed E-state index contributed by atoms with van der Waals surface area (Å²) in [6, 6.07) is 8.75. The molecule has 0 aliphatic carbocycles. The molecular weight excluding hydrogens is 263 g/mol. The Hall–Kier alpha value is -1.22. The number of hydrogen-bond acceptors (Lipinski definition) is 4. The lowest BCUT2D eigenvalue weighted by atomic mass is 10.1. The molecule has 1 rings (SSSR count). The van der Waals surface area contributed by atoms with Crippen LogP contribution in [0.5, 0.6) is 0 Å². The van der Waals surface area contributed by atoms with E-state index in [0.717, 1.165) is 0 Å². The average Bonchev–Trinajstić information content (AvgIpc) is 2.39. The minimum absolute atomic E-state index is 0.0809. The van der Waals surface area contributed by atoms with Crippen molar-refractivity contribution < 1.29 is 18.4 Å². The number of hydrogen-bond donors (Lipinski definition) is 0. The van der Waals surface area contributed by atoms with Crippen molar-refractivity contribution in [2.75, 3.05) is 19.4 Å². The van der Waals surface area contributed by atoms with Gasteiger partial charge in [-0.15, -0.1) is 0 Å². The molecule has 1 aromatic carbocycles. The number of Topliss-reactive ketones (excluding diaryl/α,β-unsaturated/α-hetero) is 1. The second-order valence-corrected chi connectivity index (χ2v) is 5.96. The summed E-state index contributed by atoms with van der Waals surface area (Å²) in [7, 11) is -3.27. The monoisotopic (exact) mass is 282 g/mol. The third-order valence-electron chi connectivity index (χ3n) is 2.39. The van der Waals surface area contributed by atoms with Crippen molar-refractivity contribution in [3.05, 3.63) is 48.0 Å². The van der Waals surface area contributed by atoms with Gasteiger partial charge < -0.3 is 9.05 Å². The molecule has 0 saturated heterocycles. The van der Waals surface area contributed by atoms with E-state index in [0.29, 0.717) is 5.56 Å². The highest BCUT2D eigenvalue weighted by Crippen LogP contribution is 2.49. The molecule has 5 heteroatoms. The van der Waals surface area contributed by atoms with E-state index in [2.05, 4.69) is 6.58 Å². The van der Waals surface area contributed by atoms with Gasteiger partial charge in [0.25, 0.3) is 0 Å². The molecular formula is C14H19O4P. The van der Waals surface area contributed by atoms with Crippen LogP contribution >= 0.6 is 7.60 Å². The minimum atomic E-state index is -3.27. The minimum Gasteiger partial charge on any atom is -0.309 e. The number of carbonyl (C=O) groups excluding carboxylic acids is 1. The molecule has 19 heavy (non-hydrogen) atoms. The lowest BCUT2D eigenvalue weighted by Gasteiger charge is -2.17. The highest BCUT2D eigenvalue weighted by Gasteiger charge is 2.27. The molecule has 0 aliphatic rings. The van der Waals surface area contributed by atoms with Crippen molar-refractivity contribution in [1.82, 2.24) is 0 Å². The predicted octanol–water partition coefficient (Wildman–Crippen LogP) is 3.69. The van der Waals surface area contributed by atoms with Crippen molar-refractivity contribution in [2.24, 2.45) is 0 Å². The fourth-order valence-electron chi connectivity index (χ4n) is 1.62. The van der Waals surface area contributed by atoms with Crippen LogP contribution in [0.4, 0.5) is 0 Å². The Morgan fingerprint density at radius 2 is 1.68 bits per heavy atom. The summed E-state index contributed by atoms with van der Waals surface area (Å²) in [5, 5.41) is 0. The Kier molecular flexibility index (Phi) is 6.16. The van der Waals surface area contributed by atoms with E-state index >= 15 is 0 Å². The zero-order valence-corrected chi connectivity index (χ0v) is 12.2. The van der Waals surface area contributed by atoms with Gasteiger partial charge in [0.2, 0.25) is 0 Å². The van der Waals surface area contributed by atoms with Crippen molar-refractivity contribution in [3.8, 4) is 0 Å². The topological polar surface area (TPSA) is 52.6 Å². The zero-order valence-electron chi connectivity index (χ0n) is 11.3. The standard InChI is InChI=1S/C14H19O4P/c1-4-17-19(16,18-5-2)11-12(3)14(15)13-9-7-6-8-10-13/h6-10H,3-5,11H2,1-2H3. The van der Waals surface area contributed by atoms with E-state index in [9.17, 15) is 9.36 Å². The highest BCUT2D eigenvalue weighted by atomic mass is 31.2. The number of ketones is 1. The summed E-state index contributed by atoms with van der Waals surface area (Å²) in [5.74, 6) is -0.236. The van der Waals surface area contributed by atoms with E-state index in [-0.39, 0.29) is 30.7 Å². The van der Waals surface area contributed by atoms with E-state index in [1.54, 1.807) is 38.1 Å². The first-order valence-corrected chi connectivity index (χ1v) is 7.91. The van der Waals surface area contributed by atoms with Crippen molar-refractivity contribution in [2.45, 2.75) is 13.8 Å². The van der Waals surface area contributed by atoms with Gasteiger partial charge in [0.15, 0.2) is 5.78 Å². The highest BCUT2D eigenvalue weighted by molar-refractivity contribution is 7.54. The van der Waals surface area contributed by atoms with E-state index in [4.69, 9.17) is 9.05 Å². The van der Waals surface area contributed by atoms with Crippen LogP contribution in [0.25, 0.3) is 0 Å². The second-order valence-electron chi connectivity index (χ2n) is 3.90. The third kappa shape index (κ3) is 4.75. The Morgan fingerprint density at radius 1 is 1.16 bits per heavy atom. The molecule has 0 bridgehead atoms. The molecule has 0 radical (unpaired) electrons. The summed E-state index contributed by atoms with van der Waals surface area (Å²) in [5.41, 5.74) is 0.753. The van der Waals surface area contributed by atoms with Crippen LogP contribution in [0.3, 0.4) is 0 Å². The Bertz CT molecular complexity index is 471. The molecule has 0 aliphatic heterocycles. The van der Waals surface area contributed by atoms with Crippen LogP contribution < -0.4 is 0 Å². The summed E-state index contributed by atoms with van der Waals surface area (Å²) < 4.78 is 22.6. The summed E-state index contributed by atoms with van der Waals surface area (Å²) in [6.45, 7) is 7.69. The zero-order chi connectivity index (χ0) is 14.3.